The first-order valence-electron chi connectivity index (χ1n) is 5.38. The Labute approximate surface area is 110 Å². The summed E-state index contributed by atoms with van der Waals surface area (Å²) in [4.78, 5) is 3.97. The van der Waals surface area contributed by atoms with Crippen LogP contribution in [0.2, 0.25) is 0 Å². The summed E-state index contributed by atoms with van der Waals surface area (Å²) in [5.41, 5.74) is 5.56. The van der Waals surface area contributed by atoms with Gasteiger partial charge in [-0.05, 0) is 13.3 Å². The van der Waals surface area contributed by atoms with E-state index in [2.05, 4.69) is 17.2 Å². The maximum Gasteiger partial charge on any atom is 0.188 e. The van der Waals surface area contributed by atoms with Crippen molar-refractivity contribution in [1.29, 1.82) is 0 Å². The maximum absolute atomic E-state index is 8.95. The summed E-state index contributed by atoms with van der Waals surface area (Å²) in [7, 11) is 0. The molecule has 15 heavy (non-hydrogen) atoms. The number of hydrogen-bond donors (Lipinski definition) is 3. The summed E-state index contributed by atoms with van der Waals surface area (Å²) in [6, 6.07) is 0. The first-order valence-corrected chi connectivity index (χ1v) is 5.38. The van der Waals surface area contributed by atoms with Gasteiger partial charge in [0, 0.05) is 6.54 Å². The molecule has 0 aliphatic heterocycles. The molecule has 0 aromatic heterocycles. The van der Waals surface area contributed by atoms with Crippen LogP contribution < -0.4 is 11.1 Å². The van der Waals surface area contributed by atoms with E-state index in [0.29, 0.717) is 12.5 Å². The van der Waals surface area contributed by atoms with Crippen LogP contribution in [0.4, 0.5) is 0 Å². The van der Waals surface area contributed by atoms with E-state index in [-0.39, 0.29) is 24.0 Å². The summed E-state index contributed by atoms with van der Waals surface area (Å²) in [5, 5.41) is 12.0. The predicted octanol–water partition coefficient (Wildman–Crippen LogP) is 1.47. The van der Waals surface area contributed by atoms with Crippen LogP contribution in [0.15, 0.2) is 4.99 Å². The van der Waals surface area contributed by atoms with Gasteiger partial charge in [-0.25, -0.2) is 0 Å². The topological polar surface area (TPSA) is 70.6 Å². The van der Waals surface area contributed by atoms with E-state index < -0.39 is 6.10 Å². The Bertz CT molecular complexity index is 163. The van der Waals surface area contributed by atoms with Crippen molar-refractivity contribution in [2.75, 3.05) is 13.1 Å². The van der Waals surface area contributed by atoms with Crippen LogP contribution in [0.5, 0.6) is 0 Å². The largest absolute Gasteiger partial charge is 0.391 e. The number of halogens is 1. The summed E-state index contributed by atoms with van der Waals surface area (Å²) >= 11 is 0. The average Bonchev–Trinajstić information content (AvgIpc) is 2.14. The molecule has 0 rings (SSSR count). The molecule has 0 aliphatic rings. The molecule has 0 saturated heterocycles. The summed E-state index contributed by atoms with van der Waals surface area (Å²) in [6.07, 6.45) is 4.44. The van der Waals surface area contributed by atoms with Crippen LogP contribution in [0.3, 0.4) is 0 Å². The zero-order valence-electron chi connectivity index (χ0n) is 9.70. The van der Waals surface area contributed by atoms with Crippen molar-refractivity contribution in [2.24, 2.45) is 10.7 Å². The fourth-order valence-corrected chi connectivity index (χ4v) is 1.05. The molecule has 92 valence electrons. The van der Waals surface area contributed by atoms with E-state index in [0.717, 1.165) is 13.0 Å². The minimum Gasteiger partial charge on any atom is -0.391 e. The van der Waals surface area contributed by atoms with Crippen LogP contribution in [-0.2, 0) is 0 Å². The lowest BCUT2D eigenvalue weighted by molar-refractivity contribution is 0.204. The number of aliphatic hydroxyl groups excluding tert-OH is 1. The first-order chi connectivity index (χ1) is 6.66. The van der Waals surface area contributed by atoms with Crippen molar-refractivity contribution in [2.45, 2.75) is 45.6 Å². The average molecular weight is 329 g/mol. The number of aliphatic imine (C=N–C) groups is 1. The third-order valence-electron chi connectivity index (χ3n) is 1.86. The van der Waals surface area contributed by atoms with Gasteiger partial charge in [-0.3, -0.25) is 4.99 Å². The second-order valence-corrected chi connectivity index (χ2v) is 3.56. The van der Waals surface area contributed by atoms with Gasteiger partial charge in [0.2, 0.25) is 0 Å². The molecule has 1 atom stereocenters. The van der Waals surface area contributed by atoms with Gasteiger partial charge in [-0.2, -0.15) is 0 Å². The van der Waals surface area contributed by atoms with Crippen LogP contribution in [0.25, 0.3) is 0 Å². The Morgan fingerprint density at radius 1 is 1.40 bits per heavy atom. The number of aliphatic hydroxyl groups is 1. The van der Waals surface area contributed by atoms with Gasteiger partial charge in [0.05, 0.1) is 12.6 Å². The quantitative estimate of drug-likeness (QED) is 0.287. The van der Waals surface area contributed by atoms with Crippen molar-refractivity contribution in [1.82, 2.24) is 5.32 Å². The van der Waals surface area contributed by atoms with E-state index in [1.165, 1.54) is 19.3 Å². The van der Waals surface area contributed by atoms with Gasteiger partial charge in [-0.1, -0.05) is 26.2 Å². The zero-order chi connectivity index (χ0) is 10.8. The van der Waals surface area contributed by atoms with E-state index in [9.17, 15) is 0 Å². The second kappa shape index (κ2) is 12.0. The lowest BCUT2D eigenvalue weighted by Crippen LogP contribution is -2.33. The highest BCUT2D eigenvalue weighted by Crippen LogP contribution is 1.96. The number of rotatable bonds is 7. The third kappa shape index (κ3) is 14.0. The van der Waals surface area contributed by atoms with Gasteiger partial charge in [-0.15, -0.1) is 24.0 Å². The van der Waals surface area contributed by atoms with Crippen molar-refractivity contribution in [3.8, 4) is 0 Å². The lowest BCUT2D eigenvalue weighted by Gasteiger charge is -2.05. The molecule has 4 N–H and O–H groups in total. The third-order valence-corrected chi connectivity index (χ3v) is 1.86. The van der Waals surface area contributed by atoms with Gasteiger partial charge in [0.25, 0.3) is 0 Å². The molecule has 0 heterocycles. The molecule has 0 aromatic carbocycles. The van der Waals surface area contributed by atoms with Crippen LogP contribution in [0.1, 0.15) is 39.5 Å². The maximum atomic E-state index is 8.95. The van der Waals surface area contributed by atoms with Gasteiger partial charge >= 0.3 is 0 Å². The summed E-state index contributed by atoms with van der Waals surface area (Å²) in [6.45, 7) is 5.12. The molecule has 5 heteroatoms. The fraction of sp³-hybridized carbons (Fsp3) is 0.900. The monoisotopic (exact) mass is 329 g/mol. The summed E-state index contributed by atoms with van der Waals surface area (Å²) < 4.78 is 0. The first kappa shape index (κ1) is 17.4. The number of guanidine groups is 1. The van der Waals surface area contributed by atoms with Crippen LogP contribution in [-0.4, -0.2) is 30.3 Å². The molecule has 0 aliphatic carbocycles. The van der Waals surface area contributed by atoms with E-state index in [4.69, 9.17) is 10.8 Å². The molecule has 0 saturated carbocycles. The molecular weight excluding hydrogens is 305 g/mol. The highest BCUT2D eigenvalue weighted by molar-refractivity contribution is 14.0. The number of hydrogen-bond acceptors (Lipinski definition) is 2. The summed E-state index contributed by atoms with van der Waals surface area (Å²) in [5.74, 6) is 0.433. The van der Waals surface area contributed by atoms with Crippen LogP contribution >= 0.6 is 24.0 Å². The lowest BCUT2D eigenvalue weighted by atomic mass is 10.2. The highest BCUT2D eigenvalue weighted by Gasteiger charge is 1.94. The number of nitrogens with one attached hydrogen (secondary N) is 1. The molecular formula is C10H24IN3O. The minimum atomic E-state index is -0.421. The van der Waals surface area contributed by atoms with Gasteiger partial charge < -0.3 is 16.2 Å². The molecule has 4 nitrogen and oxygen atoms in total. The fourth-order valence-electron chi connectivity index (χ4n) is 1.05. The SMILES string of the molecule is CCCCCCNC(N)=NCC(C)O.I. The Morgan fingerprint density at radius 3 is 2.60 bits per heavy atom. The Balaban J connectivity index is 0. The Kier molecular flexibility index (Phi) is 13.9. The molecule has 0 aromatic rings. The molecule has 0 amide bonds. The van der Waals surface area contributed by atoms with Crippen molar-refractivity contribution in [3.63, 3.8) is 0 Å². The zero-order valence-corrected chi connectivity index (χ0v) is 12.0. The van der Waals surface area contributed by atoms with Crippen molar-refractivity contribution in [3.05, 3.63) is 0 Å². The van der Waals surface area contributed by atoms with Gasteiger partial charge in [0.1, 0.15) is 0 Å². The minimum absolute atomic E-state index is 0. The molecule has 0 radical (unpaired) electrons. The number of nitrogens with zero attached hydrogens (tertiary/aromatic N) is 1. The standard InChI is InChI=1S/C10H23N3O.HI/c1-3-4-5-6-7-12-10(11)13-8-9(2)14;/h9,14H,3-8H2,1-2H3,(H3,11,12,13);1H. The Morgan fingerprint density at radius 2 is 2.07 bits per heavy atom. The molecule has 1 unspecified atom stereocenters. The van der Waals surface area contributed by atoms with E-state index in [1.54, 1.807) is 6.92 Å². The van der Waals surface area contributed by atoms with E-state index in [1.807, 2.05) is 0 Å². The van der Waals surface area contributed by atoms with Crippen LogP contribution in [0, 0.1) is 0 Å². The van der Waals surface area contributed by atoms with Gasteiger partial charge in [0.15, 0.2) is 5.96 Å². The Hall–Kier alpha value is -0.0400. The second-order valence-electron chi connectivity index (χ2n) is 3.56. The molecule has 0 fully saturated rings. The van der Waals surface area contributed by atoms with E-state index >= 15 is 0 Å². The highest BCUT2D eigenvalue weighted by atomic mass is 127. The molecule has 0 bridgehead atoms. The molecule has 0 spiro atoms. The predicted molar refractivity (Wildman–Crippen MR) is 75.7 cm³/mol. The normalized spacial score (nSPS) is 13.1. The van der Waals surface area contributed by atoms with Crippen molar-refractivity contribution >= 4 is 29.9 Å². The smallest absolute Gasteiger partial charge is 0.188 e. The van der Waals surface area contributed by atoms with Crippen molar-refractivity contribution < 1.29 is 5.11 Å². The number of unbranched alkanes of at least 4 members (excludes halogenated alkanes) is 3. The number of nitrogens with two attached hydrogens (primary N) is 1.